The van der Waals surface area contributed by atoms with Gasteiger partial charge in [-0.3, -0.25) is 9.79 Å². The second-order valence-electron chi connectivity index (χ2n) is 7.87. The monoisotopic (exact) mass is 470 g/mol. The summed E-state index contributed by atoms with van der Waals surface area (Å²) in [5.41, 5.74) is 2.15. The number of methoxy groups -OCH3 is 1. The molecule has 0 atom stereocenters. The fraction of sp³-hybridized carbons (Fsp3) is 0.375. The van der Waals surface area contributed by atoms with Gasteiger partial charge in [-0.1, -0.05) is 42.4 Å². The number of aliphatic imine (C=N–C) groups is 2. The first-order valence-corrected chi connectivity index (χ1v) is 12.1. The molecule has 2 aliphatic rings. The third-order valence-electron chi connectivity index (χ3n) is 5.77. The first-order valence-electron chi connectivity index (χ1n) is 10.8. The van der Waals surface area contributed by atoms with E-state index >= 15 is 0 Å². The van der Waals surface area contributed by atoms with E-state index in [1.807, 2.05) is 48.5 Å². The number of amides is 1. The highest BCUT2D eigenvalue weighted by Gasteiger charge is 2.39. The van der Waals surface area contributed by atoms with Crippen molar-refractivity contribution in [3.63, 3.8) is 0 Å². The predicted octanol–water partition coefficient (Wildman–Crippen LogP) is 4.73. The van der Waals surface area contributed by atoms with Gasteiger partial charge < -0.3 is 15.0 Å². The highest BCUT2D eigenvalue weighted by Crippen LogP contribution is 2.35. The summed E-state index contributed by atoms with van der Waals surface area (Å²) in [6.45, 7) is 5.18. The van der Waals surface area contributed by atoms with Crippen molar-refractivity contribution < 1.29 is 9.53 Å². The Morgan fingerprint density at radius 3 is 2.44 bits per heavy atom. The van der Waals surface area contributed by atoms with Gasteiger partial charge in [0.05, 0.1) is 18.6 Å². The summed E-state index contributed by atoms with van der Waals surface area (Å²) >= 11 is 7.52. The van der Waals surface area contributed by atoms with Gasteiger partial charge in [0.25, 0.3) is 0 Å². The molecule has 2 aliphatic heterocycles. The standard InChI is InChI=1S/C24H27ClN4O2S/c1-3-29-14-12-24(13-15-29)27-22(17-4-6-18(25)7-5-17)23(28-24)32-16-21(30)26-19-8-10-20(31-2)11-9-19/h4-11H,3,12-16H2,1-2H3,(H,26,30). The Morgan fingerprint density at radius 1 is 1.12 bits per heavy atom. The van der Waals surface area contributed by atoms with Crippen LogP contribution in [0.2, 0.25) is 5.02 Å². The minimum absolute atomic E-state index is 0.0833. The number of piperidine rings is 1. The Morgan fingerprint density at radius 2 is 1.81 bits per heavy atom. The minimum Gasteiger partial charge on any atom is -0.497 e. The lowest BCUT2D eigenvalue weighted by Crippen LogP contribution is -2.41. The maximum absolute atomic E-state index is 12.6. The van der Waals surface area contributed by atoms with E-state index in [-0.39, 0.29) is 11.7 Å². The molecule has 2 heterocycles. The third-order valence-corrected chi connectivity index (χ3v) is 6.98. The molecule has 8 heteroatoms. The predicted molar refractivity (Wildman–Crippen MR) is 134 cm³/mol. The van der Waals surface area contributed by atoms with Crippen LogP contribution < -0.4 is 10.1 Å². The molecule has 1 amide bonds. The number of benzene rings is 2. The van der Waals surface area contributed by atoms with Crippen molar-refractivity contribution in [3.8, 4) is 5.75 Å². The molecule has 4 rings (SSSR count). The van der Waals surface area contributed by atoms with Gasteiger partial charge in [-0.15, -0.1) is 0 Å². The number of hydrogen-bond donors (Lipinski definition) is 1. The number of thioether (sulfide) groups is 1. The molecule has 2 aromatic carbocycles. The number of nitrogens with one attached hydrogen (secondary N) is 1. The van der Waals surface area contributed by atoms with Gasteiger partial charge in [0, 0.05) is 42.2 Å². The lowest BCUT2D eigenvalue weighted by molar-refractivity contribution is -0.113. The zero-order valence-electron chi connectivity index (χ0n) is 18.3. The van der Waals surface area contributed by atoms with Gasteiger partial charge in [-0.05, 0) is 42.9 Å². The van der Waals surface area contributed by atoms with Crippen LogP contribution >= 0.6 is 23.4 Å². The van der Waals surface area contributed by atoms with E-state index in [9.17, 15) is 4.79 Å². The molecule has 1 N–H and O–H groups in total. The highest BCUT2D eigenvalue weighted by atomic mass is 35.5. The molecule has 0 saturated carbocycles. The third kappa shape index (κ3) is 5.34. The molecule has 6 nitrogen and oxygen atoms in total. The van der Waals surface area contributed by atoms with Crippen molar-refractivity contribution in [1.82, 2.24) is 4.90 Å². The number of likely N-dealkylation sites (tertiary alicyclic amines) is 1. The summed E-state index contributed by atoms with van der Waals surface area (Å²) < 4.78 is 5.16. The van der Waals surface area contributed by atoms with E-state index in [4.69, 9.17) is 26.3 Å². The molecule has 0 radical (unpaired) electrons. The fourth-order valence-corrected chi connectivity index (χ4v) is 4.88. The van der Waals surface area contributed by atoms with Crippen LogP contribution in [0.4, 0.5) is 5.69 Å². The van der Waals surface area contributed by atoms with Crippen molar-refractivity contribution in [2.45, 2.75) is 25.4 Å². The normalized spacial score (nSPS) is 17.7. The van der Waals surface area contributed by atoms with Crippen LogP contribution in [0.1, 0.15) is 25.3 Å². The van der Waals surface area contributed by atoms with Crippen molar-refractivity contribution in [2.75, 3.05) is 37.8 Å². The summed E-state index contributed by atoms with van der Waals surface area (Å²) in [5, 5.41) is 4.43. The molecule has 2 aromatic rings. The van der Waals surface area contributed by atoms with Gasteiger partial charge in [-0.2, -0.15) is 0 Å². The van der Waals surface area contributed by atoms with E-state index in [0.29, 0.717) is 5.02 Å². The molecule has 0 bridgehead atoms. The molecular formula is C24H27ClN4O2S. The fourth-order valence-electron chi connectivity index (χ4n) is 3.88. The number of ether oxygens (including phenoxy) is 1. The summed E-state index contributed by atoms with van der Waals surface area (Å²) in [7, 11) is 1.62. The maximum Gasteiger partial charge on any atom is 0.234 e. The highest BCUT2D eigenvalue weighted by molar-refractivity contribution is 8.16. The Hall–Kier alpha value is -2.35. The molecular weight excluding hydrogens is 444 g/mol. The Bertz CT molecular complexity index is 1010. The van der Waals surface area contributed by atoms with Crippen LogP contribution in [0.15, 0.2) is 58.5 Å². The second kappa shape index (κ2) is 10.1. The molecule has 32 heavy (non-hydrogen) atoms. The van der Waals surface area contributed by atoms with Crippen molar-refractivity contribution >= 4 is 45.7 Å². The Balaban J connectivity index is 1.48. The van der Waals surface area contributed by atoms with Gasteiger partial charge in [0.15, 0.2) is 5.66 Å². The van der Waals surface area contributed by atoms with E-state index in [1.165, 1.54) is 11.8 Å². The number of halogens is 1. The number of carbonyl (C=O) groups excluding carboxylic acids is 1. The molecule has 0 aromatic heterocycles. The molecule has 1 fully saturated rings. The smallest absolute Gasteiger partial charge is 0.234 e. The van der Waals surface area contributed by atoms with Crippen LogP contribution in [0.5, 0.6) is 5.75 Å². The Kier molecular flexibility index (Phi) is 7.18. The van der Waals surface area contributed by atoms with Crippen LogP contribution in [0, 0.1) is 0 Å². The average Bonchev–Trinajstić information content (AvgIpc) is 3.17. The number of rotatable bonds is 6. The van der Waals surface area contributed by atoms with E-state index in [1.54, 1.807) is 7.11 Å². The van der Waals surface area contributed by atoms with Crippen LogP contribution in [0.3, 0.4) is 0 Å². The van der Waals surface area contributed by atoms with Gasteiger partial charge in [-0.25, -0.2) is 4.99 Å². The summed E-state index contributed by atoms with van der Waals surface area (Å²) in [6.07, 6.45) is 1.78. The number of hydrogen-bond acceptors (Lipinski definition) is 6. The zero-order chi connectivity index (χ0) is 22.6. The molecule has 1 saturated heterocycles. The lowest BCUT2D eigenvalue weighted by atomic mass is 9.98. The topological polar surface area (TPSA) is 66.3 Å². The second-order valence-corrected chi connectivity index (χ2v) is 9.27. The zero-order valence-corrected chi connectivity index (χ0v) is 19.9. The van der Waals surface area contributed by atoms with Crippen molar-refractivity contribution in [3.05, 3.63) is 59.1 Å². The first-order chi connectivity index (χ1) is 15.5. The molecule has 0 unspecified atom stereocenters. The summed E-state index contributed by atoms with van der Waals surface area (Å²) in [5.74, 6) is 0.926. The first kappa shape index (κ1) is 22.8. The molecule has 168 valence electrons. The van der Waals surface area contributed by atoms with Crippen molar-refractivity contribution in [2.24, 2.45) is 9.98 Å². The number of nitrogens with zero attached hydrogens (tertiary/aromatic N) is 3. The quantitative estimate of drug-likeness (QED) is 0.662. The minimum atomic E-state index is -0.421. The van der Waals surface area contributed by atoms with E-state index in [2.05, 4.69) is 17.1 Å². The maximum atomic E-state index is 12.6. The van der Waals surface area contributed by atoms with Crippen molar-refractivity contribution in [1.29, 1.82) is 0 Å². The lowest BCUT2D eigenvalue weighted by Gasteiger charge is -2.34. The Labute approximate surface area is 198 Å². The summed E-state index contributed by atoms with van der Waals surface area (Å²) in [6, 6.07) is 15.0. The van der Waals surface area contributed by atoms with Gasteiger partial charge >= 0.3 is 0 Å². The van der Waals surface area contributed by atoms with Crippen LogP contribution in [-0.4, -0.2) is 59.7 Å². The average molecular weight is 471 g/mol. The van der Waals surface area contributed by atoms with Gasteiger partial charge in [0.1, 0.15) is 10.8 Å². The van der Waals surface area contributed by atoms with E-state index < -0.39 is 5.66 Å². The summed E-state index contributed by atoms with van der Waals surface area (Å²) in [4.78, 5) is 25.1. The number of anilines is 1. The molecule has 0 aliphatic carbocycles. The number of carbonyl (C=O) groups is 1. The van der Waals surface area contributed by atoms with Crippen LogP contribution in [-0.2, 0) is 4.79 Å². The van der Waals surface area contributed by atoms with Crippen LogP contribution in [0.25, 0.3) is 0 Å². The van der Waals surface area contributed by atoms with E-state index in [0.717, 1.165) is 60.2 Å². The van der Waals surface area contributed by atoms with Gasteiger partial charge in [0.2, 0.25) is 5.91 Å². The largest absolute Gasteiger partial charge is 0.497 e. The molecule has 1 spiro atoms. The SMILES string of the molecule is CCN1CCC2(CC1)N=C(SCC(=O)Nc1ccc(OC)cc1)C(c1ccc(Cl)cc1)=N2.